The number of benzene rings is 2. The number of fused-ring (bicyclic) bond motifs is 3. The first-order valence-electron chi connectivity index (χ1n) is 7.96. The summed E-state index contributed by atoms with van der Waals surface area (Å²) in [7, 11) is 0. The summed E-state index contributed by atoms with van der Waals surface area (Å²) in [6.07, 6.45) is -0.366. The third-order valence-corrected chi connectivity index (χ3v) is 4.11. The van der Waals surface area contributed by atoms with Gasteiger partial charge in [0.05, 0.1) is 0 Å². The largest absolute Gasteiger partial charge is 0.516 e. The minimum Gasteiger partial charge on any atom is -0.433 e. The highest BCUT2D eigenvalue weighted by Crippen LogP contribution is 2.44. The molecule has 2 aromatic carbocycles. The summed E-state index contributed by atoms with van der Waals surface area (Å²) in [6, 6.07) is 16.1. The molecule has 0 saturated carbocycles. The molecule has 0 spiro atoms. The Hall–Kier alpha value is -2.66. The van der Waals surface area contributed by atoms with Crippen LogP contribution in [-0.2, 0) is 14.3 Å². The molecule has 124 valence electrons. The molecule has 0 saturated heterocycles. The van der Waals surface area contributed by atoms with Gasteiger partial charge in [0.15, 0.2) is 0 Å². The smallest absolute Gasteiger partial charge is 0.433 e. The van der Waals surface area contributed by atoms with Gasteiger partial charge < -0.3 is 15.2 Å². The predicted molar refractivity (Wildman–Crippen MR) is 89.4 cm³/mol. The SMILES string of the molecule is NCCCC(=O)OC(=O)OCC1c2ccccc2-c2ccccc21. The van der Waals surface area contributed by atoms with Gasteiger partial charge in [-0.2, -0.15) is 0 Å². The van der Waals surface area contributed by atoms with Crippen molar-refractivity contribution in [3.63, 3.8) is 0 Å². The number of carbonyl (C=O) groups is 2. The molecule has 0 fully saturated rings. The van der Waals surface area contributed by atoms with Gasteiger partial charge in [0.25, 0.3) is 0 Å². The van der Waals surface area contributed by atoms with Crippen molar-refractivity contribution in [2.75, 3.05) is 13.2 Å². The normalized spacial score (nSPS) is 12.4. The van der Waals surface area contributed by atoms with Gasteiger partial charge in [-0.15, -0.1) is 0 Å². The summed E-state index contributed by atoms with van der Waals surface area (Å²) in [4.78, 5) is 23.1. The average molecular weight is 325 g/mol. The minimum absolute atomic E-state index is 0.0518. The van der Waals surface area contributed by atoms with Crippen LogP contribution in [0.1, 0.15) is 29.9 Å². The third kappa shape index (κ3) is 3.31. The lowest BCUT2D eigenvalue weighted by molar-refractivity contribution is -0.139. The lowest BCUT2D eigenvalue weighted by Crippen LogP contribution is -2.17. The van der Waals surface area contributed by atoms with Crippen LogP contribution < -0.4 is 5.73 Å². The third-order valence-electron chi connectivity index (χ3n) is 4.11. The molecular formula is C19H19NO4. The second-order valence-electron chi connectivity index (χ2n) is 5.65. The van der Waals surface area contributed by atoms with E-state index in [-0.39, 0.29) is 18.9 Å². The van der Waals surface area contributed by atoms with Crippen LogP contribution >= 0.6 is 0 Å². The predicted octanol–water partition coefficient (Wildman–Crippen LogP) is 3.22. The van der Waals surface area contributed by atoms with Crippen LogP contribution in [0.5, 0.6) is 0 Å². The van der Waals surface area contributed by atoms with E-state index in [2.05, 4.69) is 16.9 Å². The molecular weight excluding hydrogens is 306 g/mol. The maximum Gasteiger partial charge on any atom is 0.516 e. The number of rotatable bonds is 5. The van der Waals surface area contributed by atoms with Gasteiger partial charge in [-0.25, -0.2) is 4.79 Å². The first-order valence-corrected chi connectivity index (χ1v) is 7.96. The van der Waals surface area contributed by atoms with Crippen molar-refractivity contribution in [3.8, 4) is 11.1 Å². The molecule has 0 amide bonds. The Morgan fingerprint density at radius 3 is 2.12 bits per heavy atom. The van der Waals surface area contributed by atoms with E-state index in [4.69, 9.17) is 10.5 Å². The average Bonchev–Trinajstić information content (AvgIpc) is 2.92. The molecule has 2 aromatic rings. The van der Waals surface area contributed by atoms with Gasteiger partial charge in [0.2, 0.25) is 0 Å². The molecule has 0 aromatic heterocycles. The summed E-state index contributed by atoms with van der Waals surface area (Å²) in [5.41, 5.74) is 9.83. The Labute approximate surface area is 140 Å². The second-order valence-corrected chi connectivity index (χ2v) is 5.65. The molecule has 2 N–H and O–H groups in total. The Bertz CT molecular complexity index is 711. The Morgan fingerprint density at radius 2 is 1.54 bits per heavy atom. The maximum absolute atomic E-state index is 11.7. The molecule has 24 heavy (non-hydrogen) atoms. The highest BCUT2D eigenvalue weighted by atomic mass is 16.7. The molecule has 5 heteroatoms. The minimum atomic E-state index is -0.959. The summed E-state index contributed by atoms with van der Waals surface area (Å²) in [6.45, 7) is 0.511. The zero-order valence-corrected chi connectivity index (χ0v) is 13.2. The molecule has 0 bridgehead atoms. The van der Waals surface area contributed by atoms with Crippen LogP contribution in [0.4, 0.5) is 4.79 Å². The van der Waals surface area contributed by atoms with E-state index in [1.165, 1.54) is 0 Å². The maximum atomic E-state index is 11.7. The van der Waals surface area contributed by atoms with E-state index in [1.54, 1.807) is 0 Å². The van der Waals surface area contributed by atoms with Crippen molar-refractivity contribution >= 4 is 12.1 Å². The monoisotopic (exact) mass is 325 g/mol. The fourth-order valence-electron chi connectivity index (χ4n) is 3.01. The van der Waals surface area contributed by atoms with Crippen LogP contribution in [0.3, 0.4) is 0 Å². The van der Waals surface area contributed by atoms with E-state index in [9.17, 15) is 9.59 Å². The van der Waals surface area contributed by atoms with Gasteiger partial charge in [-0.3, -0.25) is 4.79 Å². The first-order chi connectivity index (χ1) is 11.7. The van der Waals surface area contributed by atoms with Crippen LogP contribution in [0.15, 0.2) is 48.5 Å². The highest BCUT2D eigenvalue weighted by Gasteiger charge is 2.29. The Morgan fingerprint density at radius 1 is 0.958 bits per heavy atom. The van der Waals surface area contributed by atoms with Gasteiger partial charge in [-0.05, 0) is 35.2 Å². The Kier molecular flexibility index (Phi) is 4.91. The van der Waals surface area contributed by atoms with Crippen molar-refractivity contribution in [1.29, 1.82) is 0 Å². The van der Waals surface area contributed by atoms with Crippen molar-refractivity contribution in [2.45, 2.75) is 18.8 Å². The topological polar surface area (TPSA) is 78.6 Å². The molecule has 5 nitrogen and oxygen atoms in total. The van der Waals surface area contributed by atoms with Crippen molar-refractivity contribution in [1.82, 2.24) is 0 Å². The van der Waals surface area contributed by atoms with E-state index < -0.39 is 12.1 Å². The second kappa shape index (κ2) is 7.27. The van der Waals surface area contributed by atoms with Gasteiger partial charge >= 0.3 is 12.1 Å². The van der Waals surface area contributed by atoms with E-state index >= 15 is 0 Å². The number of hydrogen-bond acceptors (Lipinski definition) is 5. The molecule has 0 atom stereocenters. The Balaban J connectivity index is 1.67. The lowest BCUT2D eigenvalue weighted by atomic mass is 9.98. The van der Waals surface area contributed by atoms with Gasteiger partial charge in [0.1, 0.15) is 6.61 Å². The summed E-state index contributed by atoms with van der Waals surface area (Å²) in [5.74, 6) is -0.665. The zero-order chi connectivity index (χ0) is 16.9. The highest BCUT2D eigenvalue weighted by molar-refractivity contribution is 5.82. The molecule has 1 aliphatic carbocycles. The summed E-state index contributed by atoms with van der Waals surface area (Å²) in [5, 5.41) is 0. The number of esters is 1. The van der Waals surface area contributed by atoms with Crippen LogP contribution in [0, 0.1) is 0 Å². The number of carbonyl (C=O) groups excluding carboxylic acids is 2. The summed E-state index contributed by atoms with van der Waals surface area (Å²) >= 11 is 0. The van der Waals surface area contributed by atoms with Crippen molar-refractivity contribution in [3.05, 3.63) is 59.7 Å². The van der Waals surface area contributed by atoms with E-state index in [0.717, 1.165) is 22.3 Å². The first kappa shape index (κ1) is 16.2. The van der Waals surface area contributed by atoms with E-state index in [0.29, 0.717) is 13.0 Å². The molecule has 1 aliphatic rings. The number of hydrogen-bond donors (Lipinski definition) is 1. The number of nitrogens with two attached hydrogens (primary N) is 1. The van der Waals surface area contributed by atoms with Crippen LogP contribution in [0.25, 0.3) is 11.1 Å². The molecule has 3 rings (SSSR count). The molecule has 0 unspecified atom stereocenters. The van der Waals surface area contributed by atoms with E-state index in [1.807, 2.05) is 36.4 Å². The standard InChI is InChI=1S/C19H19NO4/c20-11-5-10-18(21)24-19(22)23-12-17-15-8-3-1-6-13(15)14-7-2-4-9-16(14)17/h1-4,6-9,17H,5,10-12,20H2. The molecule has 0 aliphatic heterocycles. The molecule has 0 heterocycles. The van der Waals surface area contributed by atoms with Gasteiger partial charge in [0, 0.05) is 12.3 Å². The van der Waals surface area contributed by atoms with Gasteiger partial charge in [-0.1, -0.05) is 48.5 Å². The fourth-order valence-corrected chi connectivity index (χ4v) is 3.01. The van der Waals surface area contributed by atoms with Crippen LogP contribution in [-0.4, -0.2) is 25.3 Å². The quantitative estimate of drug-likeness (QED) is 0.674. The molecule has 0 radical (unpaired) electrons. The fraction of sp³-hybridized carbons (Fsp3) is 0.263. The van der Waals surface area contributed by atoms with Crippen LogP contribution in [0.2, 0.25) is 0 Å². The lowest BCUT2D eigenvalue weighted by Gasteiger charge is -2.13. The van der Waals surface area contributed by atoms with Crippen molar-refractivity contribution in [2.24, 2.45) is 5.73 Å². The number of ether oxygens (including phenoxy) is 2. The van der Waals surface area contributed by atoms with Crippen molar-refractivity contribution < 1.29 is 19.1 Å². The zero-order valence-electron chi connectivity index (χ0n) is 13.2. The summed E-state index contributed by atoms with van der Waals surface area (Å²) < 4.78 is 9.81.